The number of aryl methyl sites for hydroxylation is 1. The Hall–Kier alpha value is -2.64. The minimum absolute atomic E-state index is 0.132. The van der Waals surface area contributed by atoms with Crippen molar-refractivity contribution in [2.75, 3.05) is 16.4 Å². The van der Waals surface area contributed by atoms with Gasteiger partial charge in [0.1, 0.15) is 5.69 Å². The second-order valence-electron chi connectivity index (χ2n) is 6.19. The van der Waals surface area contributed by atoms with Crippen LogP contribution in [0.4, 0.5) is 28.4 Å². The molecule has 0 saturated heterocycles. The molecule has 2 amide bonds. The molecular formula is C19H21Cl2N5O2. The number of anilines is 3. The highest BCUT2D eigenvalue weighted by Crippen LogP contribution is 2.37. The maximum absolute atomic E-state index is 12.0. The Morgan fingerprint density at radius 1 is 1.07 bits per heavy atom. The number of halogens is 2. The Kier molecular flexibility index (Phi) is 7.37. The first kappa shape index (κ1) is 21.7. The van der Waals surface area contributed by atoms with Crippen LogP contribution in [-0.4, -0.2) is 11.8 Å². The first-order valence-corrected chi connectivity index (χ1v) is 9.35. The van der Waals surface area contributed by atoms with Crippen molar-refractivity contribution in [3.63, 3.8) is 0 Å². The number of carbonyl (C=O) groups excluding carboxylic acids is 2. The number of nitrogens with one attached hydrogen (secondary N) is 2. The van der Waals surface area contributed by atoms with Crippen molar-refractivity contribution in [1.29, 1.82) is 0 Å². The summed E-state index contributed by atoms with van der Waals surface area (Å²) in [6.45, 7) is 5.11. The van der Waals surface area contributed by atoms with Crippen molar-refractivity contribution in [2.24, 2.45) is 10.2 Å². The maximum Gasteiger partial charge on any atom is 0.224 e. The zero-order chi connectivity index (χ0) is 20.8. The number of carbonyl (C=O) groups is 2. The molecule has 0 heterocycles. The van der Waals surface area contributed by atoms with Gasteiger partial charge in [0.15, 0.2) is 0 Å². The SMILES string of the molecule is CCCC(=O)Nc1cc(N)c(C)cc1N=Nc1cc(Cl)c(NC(C)=O)c(Cl)c1. The summed E-state index contributed by atoms with van der Waals surface area (Å²) in [5.74, 6) is -0.420. The van der Waals surface area contributed by atoms with E-state index in [1.807, 2.05) is 13.8 Å². The number of nitrogens with zero attached hydrogens (tertiary/aromatic N) is 2. The highest BCUT2D eigenvalue weighted by molar-refractivity contribution is 6.40. The summed E-state index contributed by atoms with van der Waals surface area (Å²) in [5, 5.41) is 14.2. The van der Waals surface area contributed by atoms with Gasteiger partial charge in [0.25, 0.3) is 0 Å². The molecule has 0 saturated carbocycles. The number of amides is 2. The Morgan fingerprint density at radius 3 is 2.29 bits per heavy atom. The summed E-state index contributed by atoms with van der Waals surface area (Å²) in [7, 11) is 0. The average molecular weight is 422 g/mol. The topological polar surface area (TPSA) is 109 Å². The lowest BCUT2D eigenvalue weighted by atomic mass is 10.1. The van der Waals surface area contributed by atoms with Gasteiger partial charge in [0, 0.05) is 19.0 Å². The third kappa shape index (κ3) is 5.68. The lowest BCUT2D eigenvalue weighted by molar-refractivity contribution is -0.116. The van der Waals surface area contributed by atoms with E-state index in [2.05, 4.69) is 20.9 Å². The summed E-state index contributed by atoms with van der Waals surface area (Å²) < 4.78 is 0. The molecule has 148 valence electrons. The van der Waals surface area contributed by atoms with Gasteiger partial charge in [0.05, 0.1) is 27.1 Å². The monoisotopic (exact) mass is 421 g/mol. The predicted octanol–water partition coefficient (Wildman–Crippen LogP) is 6.00. The van der Waals surface area contributed by atoms with E-state index in [0.717, 1.165) is 12.0 Å². The smallest absolute Gasteiger partial charge is 0.224 e. The van der Waals surface area contributed by atoms with Crippen LogP contribution in [0.5, 0.6) is 0 Å². The molecule has 0 aromatic heterocycles. The van der Waals surface area contributed by atoms with E-state index in [4.69, 9.17) is 28.9 Å². The van der Waals surface area contributed by atoms with Gasteiger partial charge in [-0.3, -0.25) is 9.59 Å². The molecule has 9 heteroatoms. The molecule has 0 aliphatic heterocycles. The minimum atomic E-state index is -0.289. The molecule has 4 N–H and O–H groups in total. The third-order valence-electron chi connectivity index (χ3n) is 3.74. The molecule has 0 spiro atoms. The largest absolute Gasteiger partial charge is 0.398 e. The van der Waals surface area contributed by atoms with Crippen molar-refractivity contribution in [3.05, 3.63) is 39.9 Å². The van der Waals surface area contributed by atoms with Crippen LogP contribution in [0.15, 0.2) is 34.5 Å². The lowest BCUT2D eigenvalue weighted by Gasteiger charge is -2.11. The minimum Gasteiger partial charge on any atom is -0.398 e. The maximum atomic E-state index is 12.0. The molecule has 0 bridgehead atoms. The van der Waals surface area contributed by atoms with E-state index in [1.54, 1.807) is 12.1 Å². The number of azo groups is 1. The molecular weight excluding hydrogens is 401 g/mol. The van der Waals surface area contributed by atoms with Crippen molar-refractivity contribution in [1.82, 2.24) is 0 Å². The van der Waals surface area contributed by atoms with Crippen LogP contribution in [0.1, 0.15) is 32.3 Å². The molecule has 2 aromatic rings. The second-order valence-corrected chi connectivity index (χ2v) is 7.00. The Morgan fingerprint density at radius 2 is 1.71 bits per heavy atom. The van der Waals surface area contributed by atoms with Crippen LogP contribution in [0, 0.1) is 6.92 Å². The molecule has 28 heavy (non-hydrogen) atoms. The van der Waals surface area contributed by atoms with E-state index in [1.165, 1.54) is 19.1 Å². The molecule has 0 atom stereocenters. The molecule has 2 rings (SSSR count). The zero-order valence-electron chi connectivity index (χ0n) is 15.8. The van der Waals surface area contributed by atoms with Gasteiger partial charge >= 0.3 is 0 Å². The second kappa shape index (κ2) is 9.52. The predicted molar refractivity (Wildman–Crippen MR) is 114 cm³/mol. The fourth-order valence-electron chi connectivity index (χ4n) is 2.36. The molecule has 0 unspecified atom stereocenters. The molecule has 0 aliphatic carbocycles. The number of benzene rings is 2. The van der Waals surface area contributed by atoms with E-state index in [9.17, 15) is 9.59 Å². The highest BCUT2D eigenvalue weighted by atomic mass is 35.5. The summed E-state index contributed by atoms with van der Waals surface area (Å²) in [6, 6.07) is 6.44. The average Bonchev–Trinajstić information content (AvgIpc) is 2.60. The van der Waals surface area contributed by atoms with Crippen LogP contribution in [-0.2, 0) is 9.59 Å². The van der Waals surface area contributed by atoms with Crippen LogP contribution in [0.25, 0.3) is 0 Å². The van der Waals surface area contributed by atoms with Crippen LogP contribution in [0.2, 0.25) is 10.0 Å². The summed E-state index contributed by atoms with van der Waals surface area (Å²) in [6.07, 6.45) is 1.11. The van der Waals surface area contributed by atoms with E-state index in [0.29, 0.717) is 34.9 Å². The summed E-state index contributed by atoms with van der Waals surface area (Å²) in [5.41, 5.74) is 8.92. The van der Waals surface area contributed by atoms with Crippen molar-refractivity contribution < 1.29 is 9.59 Å². The van der Waals surface area contributed by atoms with Crippen LogP contribution >= 0.6 is 23.2 Å². The standard InChI is InChI=1S/C19H21Cl2N5O2/c1-4-5-18(28)24-16-9-15(22)10(2)6-17(16)26-25-12-7-13(20)19(14(21)8-12)23-11(3)27/h6-9H,4-5,22H2,1-3H3,(H,23,27)(H,24,28). The van der Waals surface area contributed by atoms with Crippen LogP contribution < -0.4 is 16.4 Å². The van der Waals surface area contributed by atoms with Gasteiger partial charge in [-0.15, -0.1) is 5.11 Å². The van der Waals surface area contributed by atoms with E-state index >= 15 is 0 Å². The summed E-state index contributed by atoms with van der Waals surface area (Å²) >= 11 is 12.3. The fourth-order valence-corrected chi connectivity index (χ4v) is 2.93. The molecule has 2 aromatic carbocycles. The van der Waals surface area contributed by atoms with Gasteiger partial charge in [-0.1, -0.05) is 30.1 Å². The van der Waals surface area contributed by atoms with E-state index < -0.39 is 0 Å². The number of nitrogen functional groups attached to an aromatic ring is 1. The number of hydrogen-bond acceptors (Lipinski definition) is 5. The van der Waals surface area contributed by atoms with Gasteiger partial charge in [-0.25, -0.2) is 0 Å². The van der Waals surface area contributed by atoms with Crippen molar-refractivity contribution in [3.8, 4) is 0 Å². The summed E-state index contributed by atoms with van der Waals surface area (Å²) in [4.78, 5) is 23.2. The Labute approximate surface area is 173 Å². The number of nitrogens with two attached hydrogens (primary N) is 1. The quantitative estimate of drug-likeness (QED) is 0.393. The number of rotatable bonds is 6. The van der Waals surface area contributed by atoms with Gasteiger partial charge in [-0.05, 0) is 43.2 Å². The number of hydrogen-bond donors (Lipinski definition) is 3. The highest BCUT2D eigenvalue weighted by Gasteiger charge is 2.11. The van der Waals surface area contributed by atoms with Crippen LogP contribution in [0.3, 0.4) is 0 Å². The molecule has 0 fully saturated rings. The van der Waals surface area contributed by atoms with Gasteiger partial charge < -0.3 is 16.4 Å². The van der Waals surface area contributed by atoms with Crippen molar-refractivity contribution >= 4 is 63.5 Å². The zero-order valence-corrected chi connectivity index (χ0v) is 17.3. The van der Waals surface area contributed by atoms with Gasteiger partial charge in [-0.2, -0.15) is 5.11 Å². The fraction of sp³-hybridized carbons (Fsp3) is 0.263. The first-order chi connectivity index (χ1) is 13.2. The molecule has 0 radical (unpaired) electrons. The Balaban J connectivity index is 2.36. The first-order valence-electron chi connectivity index (χ1n) is 8.59. The molecule has 0 aliphatic rings. The molecule has 7 nitrogen and oxygen atoms in total. The van der Waals surface area contributed by atoms with Crippen molar-refractivity contribution in [2.45, 2.75) is 33.6 Å². The van der Waals surface area contributed by atoms with E-state index in [-0.39, 0.29) is 21.9 Å². The third-order valence-corrected chi connectivity index (χ3v) is 4.33. The van der Waals surface area contributed by atoms with Gasteiger partial charge in [0.2, 0.25) is 11.8 Å². The Bertz CT molecular complexity index is 921. The lowest BCUT2D eigenvalue weighted by Crippen LogP contribution is -2.11. The normalized spacial score (nSPS) is 10.9.